The Labute approximate surface area is 98.8 Å². The largest absolute Gasteiger partial charge is 0.299 e. The molecule has 0 spiro atoms. The van der Waals surface area contributed by atoms with E-state index in [0.29, 0.717) is 0 Å². The monoisotopic (exact) mass is 228 g/mol. The Bertz CT molecular complexity index is 200. The van der Waals surface area contributed by atoms with E-state index < -0.39 is 0 Å². The lowest BCUT2D eigenvalue weighted by molar-refractivity contribution is 0.493. The summed E-state index contributed by atoms with van der Waals surface area (Å²) in [5.74, 6) is 2.79. The Kier molecular flexibility index (Phi) is 7.90. The smallest absolute Gasteiger partial charge is 0.113 e. The van der Waals surface area contributed by atoms with E-state index in [1.165, 1.54) is 6.42 Å². The van der Waals surface area contributed by atoms with E-state index in [1.807, 2.05) is 18.7 Å². The van der Waals surface area contributed by atoms with Crippen LogP contribution in [0.5, 0.6) is 0 Å². The third-order valence-electron chi connectivity index (χ3n) is 2.50. The van der Waals surface area contributed by atoms with E-state index in [-0.39, 0.29) is 5.54 Å². The normalized spacial score (nSPS) is 16.7. The van der Waals surface area contributed by atoms with Crippen LogP contribution in [0.2, 0.25) is 0 Å². The number of nitrogens with one attached hydrogen (secondary N) is 1. The van der Waals surface area contributed by atoms with Gasteiger partial charge in [0.25, 0.3) is 0 Å². The predicted molar refractivity (Wildman–Crippen MR) is 69.1 cm³/mol. The first-order valence-electron chi connectivity index (χ1n) is 5.82. The minimum atomic E-state index is -0.353. The molecule has 2 atom stereocenters. The zero-order valence-electron chi connectivity index (χ0n) is 10.5. The van der Waals surface area contributed by atoms with E-state index in [1.54, 1.807) is 0 Å². The van der Waals surface area contributed by atoms with Crippen molar-refractivity contribution >= 4 is 11.8 Å². The van der Waals surface area contributed by atoms with Gasteiger partial charge in [-0.05, 0) is 31.6 Å². The average molecular weight is 228 g/mol. The number of nitriles is 1. The summed E-state index contributed by atoms with van der Waals surface area (Å²) in [4.78, 5) is 0. The first kappa shape index (κ1) is 14.8. The molecule has 0 aromatic rings. The van der Waals surface area contributed by atoms with E-state index in [0.717, 1.165) is 30.4 Å². The average Bonchev–Trinajstić information content (AvgIpc) is 2.26. The van der Waals surface area contributed by atoms with Crippen LogP contribution in [0.4, 0.5) is 0 Å². The molecule has 2 unspecified atom stereocenters. The molecule has 1 N–H and O–H groups in total. The Morgan fingerprint density at radius 2 is 2.13 bits per heavy atom. The summed E-state index contributed by atoms with van der Waals surface area (Å²) >= 11 is 1.88. The van der Waals surface area contributed by atoms with Crippen LogP contribution < -0.4 is 5.32 Å². The highest BCUT2D eigenvalue weighted by atomic mass is 32.2. The van der Waals surface area contributed by atoms with Gasteiger partial charge in [-0.15, -0.1) is 0 Å². The molecule has 0 amide bonds. The molecule has 0 heterocycles. The fraction of sp³-hybridized carbons (Fsp3) is 0.917. The number of hydrogen-bond donors (Lipinski definition) is 1. The van der Waals surface area contributed by atoms with E-state index in [2.05, 4.69) is 32.2 Å². The third kappa shape index (κ3) is 6.81. The molecule has 0 aliphatic carbocycles. The first-order valence-corrected chi connectivity index (χ1v) is 6.97. The van der Waals surface area contributed by atoms with Crippen LogP contribution in [0.3, 0.4) is 0 Å². The molecule has 0 bridgehead atoms. The maximum absolute atomic E-state index is 9.11. The van der Waals surface area contributed by atoms with Gasteiger partial charge in [-0.3, -0.25) is 5.32 Å². The SMILES string of the molecule is CCCNC(C)(C#N)CSCC(C)CC. The Hall–Kier alpha value is -0.200. The second kappa shape index (κ2) is 8.01. The van der Waals surface area contributed by atoms with Crippen molar-refractivity contribution in [2.45, 2.75) is 46.1 Å². The Balaban J connectivity index is 3.83. The summed E-state index contributed by atoms with van der Waals surface area (Å²) in [6.07, 6.45) is 2.30. The van der Waals surface area contributed by atoms with Gasteiger partial charge in [0.2, 0.25) is 0 Å². The molecule has 2 nitrogen and oxygen atoms in total. The summed E-state index contributed by atoms with van der Waals surface area (Å²) in [6, 6.07) is 2.37. The fourth-order valence-corrected chi connectivity index (χ4v) is 2.44. The van der Waals surface area contributed by atoms with Crippen LogP contribution in [0.15, 0.2) is 0 Å². The molecule has 0 saturated heterocycles. The molecular weight excluding hydrogens is 204 g/mol. The first-order chi connectivity index (χ1) is 7.08. The van der Waals surface area contributed by atoms with Gasteiger partial charge >= 0.3 is 0 Å². The van der Waals surface area contributed by atoms with E-state index in [4.69, 9.17) is 5.26 Å². The molecule has 0 fully saturated rings. The quantitative estimate of drug-likeness (QED) is 0.693. The zero-order valence-corrected chi connectivity index (χ0v) is 11.3. The summed E-state index contributed by atoms with van der Waals surface area (Å²) in [6.45, 7) is 9.51. The van der Waals surface area contributed by atoms with Crippen molar-refractivity contribution in [2.24, 2.45) is 5.92 Å². The van der Waals surface area contributed by atoms with Crippen molar-refractivity contribution in [1.29, 1.82) is 5.26 Å². The molecule has 0 aromatic heterocycles. The summed E-state index contributed by atoms with van der Waals surface area (Å²) in [7, 11) is 0. The predicted octanol–water partition coefficient (Wildman–Crippen LogP) is 3.05. The number of hydrogen-bond acceptors (Lipinski definition) is 3. The van der Waals surface area contributed by atoms with Crippen molar-refractivity contribution in [3.05, 3.63) is 0 Å². The molecule has 0 radical (unpaired) electrons. The molecular formula is C12H24N2S. The number of rotatable bonds is 8. The topological polar surface area (TPSA) is 35.8 Å². The third-order valence-corrected chi connectivity index (χ3v) is 4.09. The van der Waals surface area contributed by atoms with Crippen LogP contribution >= 0.6 is 11.8 Å². The van der Waals surface area contributed by atoms with E-state index in [9.17, 15) is 0 Å². The van der Waals surface area contributed by atoms with Crippen molar-refractivity contribution < 1.29 is 0 Å². The lowest BCUT2D eigenvalue weighted by atomic mass is 10.1. The minimum absolute atomic E-state index is 0.353. The highest BCUT2D eigenvalue weighted by molar-refractivity contribution is 7.99. The van der Waals surface area contributed by atoms with Crippen LogP contribution in [0.1, 0.15) is 40.5 Å². The Morgan fingerprint density at radius 1 is 1.47 bits per heavy atom. The van der Waals surface area contributed by atoms with Crippen LogP contribution in [-0.4, -0.2) is 23.6 Å². The van der Waals surface area contributed by atoms with Crippen molar-refractivity contribution in [3.63, 3.8) is 0 Å². The molecule has 0 aliphatic rings. The Morgan fingerprint density at radius 3 is 2.60 bits per heavy atom. The molecule has 0 saturated carbocycles. The highest BCUT2D eigenvalue weighted by Crippen LogP contribution is 2.17. The van der Waals surface area contributed by atoms with Gasteiger partial charge in [-0.1, -0.05) is 27.2 Å². The standard InChI is InChI=1S/C12H24N2S/c1-5-7-14-12(4,9-13)10-15-8-11(3)6-2/h11,14H,5-8,10H2,1-4H3. The van der Waals surface area contributed by atoms with Crippen molar-refractivity contribution in [1.82, 2.24) is 5.32 Å². The maximum Gasteiger partial charge on any atom is 0.113 e. The highest BCUT2D eigenvalue weighted by Gasteiger charge is 2.22. The van der Waals surface area contributed by atoms with Gasteiger partial charge in [-0.25, -0.2) is 0 Å². The molecule has 15 heavy (non-hydrogen) atoms. The fourth-order valence-electron chi connectivity index (χ4n) is 1.11. The minimum Gasteiger partial charge on any atom is -0.299 e. The summed E-state index contributed by atoms with van der Waals surface area (Å²) < 4.78 is 0. The lowest BCUT2D eigenvalue weighted by Crippen LogP contribution is -2.43. The molecule has 0 rings (SSSR count). The van der Waals surface area contributed by atoms with Gasteiger partial charge in [0.15, 0.2) is 0 Å². The summed E-state index contributed by atoms with van der Waals surface area (Å²) in [5.41, 5.74) is -0.353. The van der Waals surface area contributed by atoms with Crippen LogP contribution in [0.25, 0.3) is 0 Å². The maximum atomic E-state index is 9.11. The van der Waals surface area contributed by atoms with Crippen molar-refractivity contribution in [2.75, 3.05) is 18.1 Å². The lowest BCUT2D eigenvalue weighted by Gasteiger charge is -2.23. The molecule has 88 valence electrons. The van der Waals surface area contributed by atoms with Crippen LogP contribution in [-0.2, 0) is 0 Å². The van der Waals surface area contributed by atoms with Crippen molar-refractivity contribution in [3.8, 4) is 6.07 Å². The second-order valence-electron chi connectivity index (χ2n) is 4.40. The zero-order chi connectivity index (χ0) is 11.7. The van der Waals surface area contributed by atoms with Gasteiger partial charge in [0, 0.05) is 5.75 Å². The number of thioether (sulfide) groups is 1. The molecule has 0 aromatic carbocycles. The number of nitrogens with zero attached hydrogens (tertiary/aromatic N) is 1. The van der Waals surface area contributed by atoms with Gasteiger partial charge < -0.3 is 0 Å². The van der Waals surface area contributed by atoms with Crippen LogP contribution in [0, 0.1) is 17.2 Å². The van der Waals surface area contributed by atoms with Gasteiger partial charge in [0.1, 0.15) is 5.54 Å². The molecule has 3 heteroatoms. The molecule has 0 aliphatic heterocycles. The summed E-state index contributed by atoms with van der Waals surface area (Å²) in [5, 5.41) is 12.4. The van der Waals surface area contributed by atoms with Gasteiger partial charge in [-0.2, -0.15) is 17.0 Å². The second-order valence-corrected chi connectivity index (χ2v) is 5.43. The van der Waals surface area contributed by atoms with Gasteiger partial charge in [0.05, 0.1) is 6.07 Å². The van der Waals surface area contributed by atoms with E-state index >= 15 is 0 Å².